The Labute approximate surface area is 110 Å². The van der Waals surface area contributed by atoms with Crippen molar-refractivity contribution in [1.82, 2.24) is 0 Å². The van der Waals surface area contributed by atoms with Gasteiger partial charge in [0.05, 0.1) is 7.11 Å². The van der Waals surface area contributed by atoms with E-state index in [0.29, 0.717) is 11.6 Å². The first-order valence-corrected chi connectivity index (χ1v) is 6.64. The minimum absolute atomic E-state index is 0.234. The van der Waals surface area contributed by atoms with Gasteiger partial charge in [-0.3, -0.25) is 5.21 Å². The molecule has 1 aromatic carbocycles. The van der Waals surface area contributed by atoms with Crippen LogP contribution in [0.2, 0.25) is 0 Å². The summed E-state index contributed by atoms with van der Waals surface area (Å²) < 4.78 is 17.7. The second kappa shape index (κ2) is 7.71. The van der Waals surface area contributed by atoms with Crippen molar-refractivity contribution < 1.29 is 24.5 Å². The molecule has 0 radical (unpaired) electrons. The Morgan fingerprint density at radius 1 is 1.39 bits per heavy atom. The van der Waals surface area contributed by atoms with E-state index >= 15 is 0 Å². The number of hydrogen-bond acceptors (Lipinski definition) is 3. The fraction of sp³-hybridized carbons (Fsp3) is 0.333. The third-order valence-corrected chi connectivity index (χ3v) is 3.07. The summed E-state index contributed by atoms with van der Waals surface area (Å²) in [6, 6.07) is 6.38. The summed E-state index contributed by atoms with van der Waals surface area (Å²) in [4.78, 5) is 3.14. The minimum atomic E-state index is -0.234. The van der Waals surface area contributed by atoms with Crippen LogP contribution in [-0.4, -0.2) is 36.1 Å². The highest BCUT2D eigenvalue weighted by Crippen LogP contribution is 2.02. The molecule has 0 saturated carbocycles. The van der Waals surface area contributed by atoms with Crippen molar-refractivity contribution in [2.75, 3.05) is 19.9 Å². The van der Waals surface area contributed by atoms with Gasteiger partial charge >= 0.3 is 10.9 Å². The van der Waals surface area contributed by atoms with Gasteiger partial charge in [-0.1, -0.05) is 12.1 Å². The van der Waals surface area contributed by atoms with Gasteiger partial charge in [0, 0.05) is 11.6 Å². The molecule has 1 aromatic rings. The van der Waals surface area contributed by atoms with E-state index < -0.39 is 0 Å². The van der Waals surface area contributed by atoms with Crippen LogP contribution in [0.5, 0.6) is 0 Å². The zero-order valence-electron chi connectivity index (χ0n) is 10.4. The van der Waals surface area contributed by atoms with Crippen LogP contribution in [0, 0.1) is 5.82 Å². The maximum atomic E-state index is 12.7. The Morgan fingerprint density at radius 3 is 2.56 bits per heavy atom. The highest BCUT2D eigenvalue weighted by Gasteiger charge is 2.22. The van der Waals surface area contributed by atoms with Crippen LogP contribution >= 0.6 is 11.8 Å². The molecular weight excluding hydrogens is 255 g/mol. The van der Waals surface area contributed by atoms with Gasteiger partial charge < -0.3 is 4.74 Å². The average molecular weight is 272 g/mol. The fourth-order valence-electron chi connectivity index (χ4n) is 1.41. The summed E-state index contributed by atoms with van der Waals surface area (Å²) in [7, 11) is 1.47. The van der Waals surface area contributed by atoms with Crippen molar-refractivity contribution in [3.05, 3.63) is 35.6 Å². The zero-order valence-corrected chi connectivity index (χ0v) is 11.2. The summed E-state index contributed by atoms with van der Waals surface area (Å²) in [5, 5.41) is 11.5. The van der Waals surface area contributed by atoms with E-state index in [4.69, 9.17) is 9.94 Å². The highest BCUT2D eigenvalue weighted by molar-refractivity contribution is 8.14. The van der Waals surface area contributed by atoms with E-state index in [9.17, 15) is 4.39 Å². The number of methoxy groups -OCH3 is 1. The quantitative estimate of drug-likeness (QED) is 0.278. The van der Waals surface area contributed by atoms with Crippen LogP contribution in [0.4, 0.5) is 4.39 Å². The molecule has 0 bridgehead atoms. The molecule has 0 aromatic heterocycles. The molecule has 0 heterocycles. The van der Waals surface area contributed by atoms with Crippen LogP contribution in [0.3, 0.4) is 0 Å². The van der Waals surface area contributed by atoms with E-state index in [0.717, 1.165) is 12.0 Å². The first-order valence-electron chi connectivity index (χ1n) is 5.42. The van der Waals surface area contributed by atoms with Crippen LogP contribution in [0.15, 0.2) is 24.3 Å². The van der Waals surface area contributed by atoms with E-state index in [1.54, 1.807) is 12.1 Å². The number of ether oxygens (including phenoxy) is 1. The molecule has 0 fully saturated rings. The first-order chi connectivity index (χ1) is 8.71. The first kappa shape index (κ1) is 14.5. The Hall–Kier alpha value is -1.56. The highest BCUT2D eigenvalue weighted by atomic mass is 32.2. The molecule has 0 aliphatic heterocycles. The molecule has 0 saturated heterocycles. The number of benzene rings is 1. The fourth-order valence-corrected chi connectivity index (χ4v) is 1.97. The standard InChI is InChI=1S/C12H15FN2O2S/c1-17-11(15-16)12(18-2)14-8-7-9-3-5-10(13)6-4-9/h3-6,16H,7-8H2,1-2H3/p+2/b14-12?,15-11-. The van der Waals surface area contributed by atoms with Crippen LogP contribution in [-0.2, 0) is 11.2 Å². The minimum Gasteiger partial charge on any atom is -0.440 e. The lowest BCUT2D eigenvalue weighted by molar-refractivity contribution is -0.741. The molecular formula is C12H17FN2O2S+2. The van der Waals surface area contributed by atoms with E-state index in [1.807, 2.05) is 11.4 Å². The smallest absolute Gasteiger partial charge is 0.440 e. The maximum absolute atomic E-state index is 12.7. The van der Waals surface area contributed by atoms with Gasteiger partial charge in [0.15, 0.2) is 0 Å². The van der Waals surface area contributed by atoms with Gasteiger partial charge in [0.2, 0.25) is 0 Å². The maximum Gasteiger partial charge on any atom is 0.488 e. The molecule has 0 spiro atoms. The van der Waals surface area contributed by atoms with E-state index in [2.05, 4.69) is 4.99 Å². The lowest BCUT2D eigenvalue weighted by Gasteiger charge is -1.96. The molecule has 6 heteroatoms. The Morgan fingerprint density at radius 2 is 2.06 bits per heavy atom. The number of hydrogen-bond donors (Lipinski definition) is 3. The monoisotopic (exact) mass is 272 g/mol. The lowest BCUT2D eigenvalue weighted by atomic mass is 10.1. The predicted molar refractivity (Wildman–Crippen MR) is 69.2 cm³/mol. The zero-order chi connectivity index (χ0) is 13.4. The van der Waals surface area contributed by atoms with Gasteiger partial charge in [-0.25, -0.2) is 9.38 Å². The summed E-state index contributed by atoms with van der Waals surface area (Å²) in [6.07, 6.45) is 2.63. The van der Waals surface area contributed by atoms with Crippen molar-refractivity contribution in [3.63, 3.8) is 0 Å². The molecule has 0 atom stereocenters. The Bertz CT molecular complexity index is 432. The van der Waals surface area contributed by atoms with Gasteiger partial charge in [-0.15, -0.1) is 0 Å². The second-order valence-electron chi connectivity index (χ2n) is 3.48. The molecule has 0 unspecified atom stereocenters. The normalized spacial score (nSPS) is 12.6. The molecule has 3 N–H and O–H groups in total. The molecule has 1 rings (SSSR count). The average Bonchev–Trinajstić information content (AvgIpc) is 2.40. The largest absolute Gasteiger partial charge is 0.488 e. The predicted octanol–water partition coefficient (Wildman–Crippen LogP) is -1.27. The topological polar surface area (TPSA) is 57.4 Å². The second-order valence-corrected chi connectivity index (χ2v) is 4.30. The van der Waals surface area contributed by atoms with E-state index in [1.165, 1.54) is 31.0 Å². The molecule has 98 valence electrons. The number of thioether (sulfide) groups is 1. The third-order valence-electron chi connectivity index (χ3n) is 2.33. The van der Waals surface area contributed by atoms with Crippen molar-refractivity contribution in [3.8, 4) is 0 Å². The van der Waals surface area contributed by atoms with Crippen molar-refractivity contribution in [2.24, 2.45) is 0 Å². The van der Waals surface area contributed by atoms with Gasteiger partial charge in [0.25, 0.3) is 0 Å². The lowest BCUT2D eigenvalue weighted by Crippen LogP contribution is -2.81. The molecule has 0 amide bonds. The van der Waals surface area contributed by atoms with E-state index in [-0.39, 0.29) is 11.7 Å². The Kier molecular flexibility index (Phi) is 6.21. The number of halogens is 1. The van der Waals surface area contributed by atoms with Crippen molar-refractivity contribution >= 4 is 22.7 Å². The van der Waals surface area contributed by atoms with Crippen LogP contribution in [0.25, 0.3) is 0 Å². The van der Waals surface area contributed by atoms with Gasteiger partial charge in [-0.2, -0.15) is 0 Å². The molecule has 18 heavy (non-hydrogen) atoms. The number of rotatable bonds is 3. The summed E-state index contributed by atoms with van der Waals surface area (Å²) >= 11 is 1.43. The Balaban J connectivity index is 2.59. The number of nitrogens with one attached hydrogen (secondary N) is 2. The molecule has 0 aliphatic rings. The van der Waals surface area contributed by atoms with Crippen LogP contribution in [0.1, 0.15) is 5.56 Å². The van der Waals surface area contributed by atoms with Crippen molar-refractivity contribution in [2.45, 2.75) is 6.42 Å². The summed E-state index contributed by atoms with van der Waals surface area (Å²) in [5.74, 6) is 0.0455. The van der Waals surface area contributed by atoms with Gasteiger partial charge in [-0.05, 0) is 35.7 Å². The third kappa shape index (κ3) is 4.37. The summed E-state index contributed by atoms with van der Waals surface area (Å²) in [5.41, 5.74) is 1.04. The summed E-state index contributed by atoms with van der Waals surface area (Å²) in [6.45, 7) is 0.663. The SMILES string of the molecule is CO/C(=[NH+]\O)C(=[NH+]CCc1ccc(F)cc1)SC. The van der Waals surface area contributed by atoms with Gasteiger partial charge in [0.1, 0.15) is 12.4 Å². The molecule has 0 aliphatic carbocycles. The van der Waals surface area contributed by atoms with Crippen molar-refractivity contribution in [1.29, 1.82) is 0 Å². The molecule has 4 nitrogen and oxygen atoms in total. The van der Waals surface area contributed by atoms with Crippen LogP contribution < -0.4 is 10.1 Å².